The van der Waals surface area contributed by atoms with E-state index in [-0.39, 0.29) is 0 Å². The number of anilines is 2. The molecular weight excluding hydrogens is 532 g/mol. The minimum absolute atomic E-state index is 0.481. The molecule has 1 aliphatic carbocycles. The van der Waals surface area contributed by atoms with Crippen LogP contribution in [-0.2, 0) is 5.41 Å². The predicted molar refractivity (Wildman–Crippen MR) is 182 cm³/mol. The lowest BCUT2D eigenvalue weighted by Gasteiger charge is -2.34. The van der Waals surface area contributed by atoms with Gasteiger partial charge in [0, 0.05) is 11.3 Å². The van der Waals surface area contributed by atoms with Crippen LogP contribution >= 0.6 is 0 Å². The van der Waals surface area contributed by atoms with E-state index in [0.717, 1.165) is 22.6 Å². The van der Waals surface area contributed by atoms with Gasteiger partial charge in [-0.1, -0.05) is 140 Å². The molecule has 0 saturated carbocycles. The van der Waals surface area contributed by atoms with E-state index in [1.54, 1.807) is 0 Å². The van der Waals surface area contributed by atoms with Gasteiger partial charge in [-0.3, -0.25) is 4.98 Å². The van der Waals surface area contributed by atoms with Crippen molar-refractivity contribution in [2.24, 2.45) is 0 Å². The second-order valence-corrected chi connectivity index (χ2v) is 11.3. The summed E-state index contributed by atoms with van der Waals surface area (Å²) in [5, 5.41) is 3.65. The second kappa shape index (κ2) is 10.8. The van der Waals surface area contributed by atoms with Crippen molar-refractivity contribution in [1.29, 1.82) is 0 Å². The molecule has 0 saturated heterocycles. The van der Waals surface area contributed by atoms with Crippen molar-refractivity contribution in [3.8, 4) is 33.5 Å². The van der Waals surface area contributed by atoms with Crippen LogP contribution in [-0.4, -0.2) is 4.98 Å². The molecule has 0 unspecified atom stereocenters. The molecule has 0 atom stereocenters. The van der Waals surface area contributed by atoms with Gasteiger partial charge in [0.15, 0.2) is 0 Å². The molecule has 2 heteroatoms. The maximum Gasteiger partial charge on any atom is 0.0714 e. The van der Waals surface area contributed by atoms with E-state index in [0.29, 0.717) is 0 Å². The van der Waals surface area contributed by atoms with Crippen molar-refractivity contribution < 1.29 is 0 Å². The van der Waals surface area contributed by atoms with E-state index in [4.69, 9.17) is 4.98 Å². The molecule has 0 amide bonds. The summed E-state index contributed by atoms with van der Waals surface area (Å²) < 4.78 is 0. The third-order valence-electron chi connectivity index (χ3n) is 8.78. The highest BCUT2D eigenvalue weighted by Gasteiger charge is 2.46. The highest BCUT2D eigenvalue weighted by atomic mass is 14.9. The molecule has 0 radical (unpaired) electrons. The number of nitrogens with one attached hydrogen (secondary N) is 1. The first-order chi connectivity index (χ1) is 21.8. The summed E-state index contributed by atoms with van der Waals surface area (Å²) in [5.41, 5.74) is 13.6. The van der Waals surface area contributed by atoms with Crippen LogP contribution in [0.2, 0.25) is 0 Å². The quantitative estimate of drug-likeness (QED) is 0.218. The normalized spacial score (nSPS) is 12.7. The zero-order valence-corrected chi connectivity index (χ0v) is 24.2. The van der Waals surface area contributed by atoms with Crippen molar-refractivity contribution in [2.75, 3.05) is 5.32 Å². The maximum atomic E-state index is 4.75. The summed E-state index contributed by atoms with van der Waals surface area (Å²) in [6.45, 7) is 0. The molecule has 0 fully saturated rings. The van der Waals surface area contributed by atoms with Crippen molar-refractivity contribution in [2.45, 2.75) is 5.41 Å². The number of hydrogen-bond acceptors (Lipinski definition) is 2. The van der Waals surface area contributed by atoms with Gasteiger partial charge >= 0.3 is 0 Å². The van der Waals surface area contributed by atoms with Gasteiger partial charge in [0.05, 0.1) is 23.0 Å². The fourth-order valence-electron chi connectivity index (χ4n) is 6.79. The van der Waals surface area contributed by atoms with Gasteiger partial charge in [-0.05, 0) is 74.8 Å². The van der Waals surface area contributed by atoms with Gasteiger partial charge in [0.25, 0.3) is 0 Å². The first kappa shape index (κ1) is 25.9. The SMILES string of the molecule is c1ccc(-c2ccc3c(c2)C(c2ccccc2)(c2ccccc2)c2cc(Nc4ccc(-c5ccccc5)nc4)ccc2-3)cc1. The lowest BCUT2D eigenvalue weighted by atomic mass is 9.67. The summed E-state index contributed by atoms with van der Waals surface area (Å²) >= 11 is 0. The van der Waals surface area contributed by atoms with Gasteiger partial charge < -0.3 is 5.32 Å². The number of aromatic nitrogens is 1. The molecule has 6 aromatic carbocycles. The Balaban J connectivity index is 1.30. The number of rotatable bonds is 6. The third kappa shape index (κ3) is 4.31. The van der Waals surface area contributed by atoms with Gasteiger partial charge in [0.1, 0.15) is 0 Å². The first-order valence-electron chi connectivity index (χ1n) is 15.0. The average Bonchev–Trinajstić information content (AvgIpc) is 3.40. The summed E-state index contributed by atoms with van der Waals surface area (Å²) in [4.78, 5) is 4.75. The Bertz CT molecular complexity index is 2010. The molecule has 8 rings (SSSR count). The Labute approximate surface area is 258 Å². The van der Waals surface area contributed by atoms with Gasteiger partial charge in [-0.25, -0.2) is 0 Å². The van der Waals surface area contributed by atoms with Gasteiger partial charge in [-0.15, -0.1) is 0 Å². The largest absolute Gasteiger partial charge is 0.354 e. The highest BCUT2D eigenvalue weighted by molar-refractivity contribution is 5.89. The van der Waals surface area contributed by atoms with Crippen LogP contribution in [0.15, 0.2) is 176 Å². The van der Waals surface area contributed by atoms with Crippen LogP contribution in [0.5, 0.6) is 0 Å². The first-order valence-corrected chi connectivity index (χ1v) is 15.0. The van der Waals surface area contributed by atoms with Crippen molar-refractivity contribution in [1.82, 2.24) is 4.98 Å². The summed E-state index contributed by atoms with van der Waals surface area (Å²) in [5.74, 6) is 0. The third-order valence-corrected chi connectivity index (χ3v) is 8.78. The molecule has 1 aromatic heterocycles. The number of benzene rings is 6. The van der Waals surface area contributed by atoms with E-state index < -0.39 is 5.41 Å². The lowest BCUT2D eigenvalue weighted by molar-refractivity contribution is 0.769. The molecule has 0 bridgehead atoms. The molecule has 0 spiro atoms. The summed E-state index contributed by atoms with van der Waals surface area (Å²) in [6.07, 6.45) is 1.91. The standard InChI is InChI=1S/C42H30N2/c1-5-13-30(14-6-1)32-21-24-37-38-25-22-35(44-36-23-26-41(43-29-36)31-15-7-2-8-16-31)28-40(38)42(39(37)27-32,33-17-9-3-10-18-33)34-19-11-4-12-20-34/h1-29,44H. The van der Waals surface area contributed by atoms with Gasteiger partial charge in [-0.2, -0.15) is 0 Å². The average molecular weight is 563 g/mol. The predicted octanol–water partition coefficient (Wildman–Crippen LogP) is 10.5. The fourth-order valence-corrected chi connectivity index (χ4v) is 6.79. The topological polar surface area (TPSA) is 24.9 Å². The molecule has 1 heterocycles. The monoisotopic (exact) mass is 562 g/mol. The minimum Gasteiger partial charge on any atom is -0.354 e. The van der Waals surface area contributed by atoms with Crippen LogP contribution < -0.4 is 5.32 Å². The summed E-state index contributed by atoms with van der Waals surface area (Å²) in [7, 11) is 0. The van der Waals surface area contributed by atoms with Crippen molar-refractivity contribution in [3.05, 3.63) is 198 Å². The molecule has 2 nitrogen and oxygen atoms in total. The van der Waals surface area contributed by atoms with Crippen molar-refractivity contribution in [3.63, 3.8) is 0 Å². The number of nitrogens with zero attached hydrogens (tertiary/aromatic N) is 1. The molecule has 0 aliphatic heterocycles. The number of hydrogen-bond donors (Lipinski definition) is 1. The van der Waals surface area contributed by atoms with Crippen LogP contribution in [0.3, 0.4) is 0 Å². The number of fused-ring (bicyclic) bond motifs is 3. The molecular formula is C42H30N2. The minimum atomic E-state index is -0.481. The van der Waals surface area contributed by atoms with E-state index in [2.05, 4.69) is 157 Å². The smallest absolute Gasteiger partial charge is 0.0714 e. The second-order valence-electron chi connectivity index (χ2n) is 11.3. The highest BCUT2D eigenvalue weighted by Crippen LogP contribution is 2.57. The Morgan fingerprint density at radius 2 is 0.932 bits per heavy atom. The van der Waals surface area contributed by atoms with Crippen LogP contribution in [0.1, 0.15) is 22.3 Å². The Kier molecular flexibility index (Phi) is 6.39. The maximum absolute atomic E-state index is 4.75. The zero-order chi connectivity index (χ0) is 29.3. The van der Waals surface area contributed by atoms with Crippen LogP contribution in [0.4, 0.5) is 11.4 Å². The Hall–Kier alpha value is -5.73. The van der Waals surface area contributed by atoms with Crippen LogP contribution in [0.25, 0.3) is 33.5 Å². The molecule has 208 valence electrons. The molecule has 44 heavy (non-hydrogen) atoms. The van der Waals surface area contributed by atoms with E-state index in [9.17, 15) is 0 Å². The zero-order valence-electron chi connectivity index (χ0n) is 24.2. The van der Waals surface area contributed by atoms with E-state index >= 15 is 0 Å². The van der Waals surface area contributed by atoms with E-state index in [1.165, 1.54) is 44.5 Å². The molecule has 1 aliphatic rings. The molecule has 1 N–H and O–H groups in total. The lowest BCUT2D eigenvalue weighted by Crippen LogP contribution is -2.28. The van der Waals surface area contributed by atoms with E-state index in [1.807, 2.05) is 24.4 Å². The van der Waals surface area contributed by atoms with Gasteiger partial charge in [0.2, 0.25) is 0 Å². The molecule has 7 aromatic rings. The Morgan fingerprint density at radius 1 is 0.409 bits per heavy atom. The number of pyridine rings is 1. The van der Waals surface area contributed by atoms with Crippen LogP contribution in [0, 0.1) is 0 Å². The fraction of sp³-hybridized carbons (Fsp3) is 0.0238. The summed E-state index contributed by atoms with van der Waals surface area (Å²) in [6, 6.07) is 60.8. The Morgan fingerprint density at radius 3 is 1.52 bits per heavy atom. The van der Waals surface area contributed by atoms with Crippen molar-refractivity contribution >= 4 is 11.4 Å².